The number of terminal acetylenes is 1. The Bertz CT molecular complexity index is 478. The summed E-state index contributed by atoms with van der Waals surface area (Å²) in [6, 6.07) is 9.73. The average molecular weight is 219 g/mol. The van der Waals surface area contributed by atoms with Crippen molar-refractivity contribution in [3.05, 3.63) is 46.3 Å². The van der Waals surface area contributed by atoms with Crippen molar-refractivity contribution in [2.24, 2.45) is 0 Å². The molecule has 0 saturated heterocycles. The Balaban J connectivity index is 2.52. The SMILES string of the molecule is C#Cc1ccc(-c2cccs2)c(Cl)c1. The summed E-state index contributed by atoms with van der Waals surface area (Å²) in [6.45, 7) is 0. The van der Waals surface area contributed by atoms with Crippen LogP contribution in [0.1, 0.15) is 5.56 Å². The Kier molecular flexibility index (Phi) is 2.58. The Morgan fingerprint density at radius 3 is 2.71 bits per heavy atom. The first-order valence-corrected chi connectivity index (χ1v) is 5.37. The van der Waals surface area contributed by atoms with E-state index < -0.39 is 0 Å². The molecule has 1 aromatic heterocycles. The van der Waals surface area contributed by atoms with Crippen LogP contribution in [0.5, 0.6) is 0 Å². The number of hydrogen-bond acceptors (Lipinski definition) is 1. The molecule has 2 aromatic rings. The van der Waals surface area contributed by atoms with Crippen molar-refractivity contribution in [2.75, 3.05) is 0 Å². The summed E-state index contributed by atoms with van der Waals surface area (Å²) in [7, 11) is 0. The van der Waals surface area contributed by atoms with Gasteiger partial charge >= 0.3 is 0 Å². The lowest BCUT2D eigenvalue weighted by atomic mass is 10.1. The first kappa shape index (κ1) is 9.33. The van der Waals surface area contributed by atoms with Crippen molar-refractivity contribution in [1.82, 2.24) is 0 Å². The highest BCUT2D eigenvalue weighted by Gasteiger charge is 2.04. The predicted molar refractivity (Wildman–Crippen MR) is 62.7 cm³/mol. The highest BCUT2D eigenvalue weighted by atomic mass is 35.5. The lowest BCUT2D eigenvalue weighted by molar-refractivity contribution is 1.64. The Morgan fingerprint density at radius 1 is 1.29 bits per heavy atom. The van der Waals surface area contributed by atoms with Crippen molar-refractivity contribution < 1.29 is 0 Å². The second-order valence-electron chi connectivity index (χ2n) is 2.82. The molecule has 2 rings (SSSR count). The van der Waals surface area contributed by atoms with Crippen molar-refractivity contribution in [1.29, 1.82) is 0 Å². The molecule has 0 bridgehead atoms. The van der Waals surface area contributed by atoms with E-state index in [-0.39, 0.29) is 0 Å². The minimum absolute atomic E-state index is 0.711. The molecular formula is C12H7ClS. The van der Waals surface area contributed by atoms with E-state index in [9.17, 15) is 0 Å². The maximum atomic E-state index is 6.11. The predicted octanol–water partition coefficient (Wildman–Crippen LogP) is 4.05. The van der Waals surface area contributed by atoms with Gasteiger partial charge < -0.3 is 0 Å². The summed E-state index contributed by atoms with van der Waals surface area (Å²) < 4.78 is 0. The molecule has 0 nitrogen and oxygen atoms in total. The van der Waals surface area contributed by atoms with Gasteiger partial charge in [0.05, 0.1) is 5.02 Å². The zero-order chi connectivity index (χ0) is 9.97. The monoisotopic (exact) mass is 218 g/mol. The first-order valence-electron chi connectivity index (χ1n) is 4.11. The summed E-state index contributed by atoms with van der Waals surface area (Å²) in [5.41, 5.74) is 1.86. The van der Waals surface area contributed by atoms with Crippen LogP contribution in [0.25, 0.3) is 10.4 Å². The highest BCUT2D eigenvalue weighted by Crippen LogP contribution is 2.31. The molecule has 0 amide bonds. The van der Waals surface area contributed by atoms with E-state index in [1.54, 1.807) is 11.3 Å². The third kappa shape index (κ3) is 1.68. The molecule has 14 heavy (non-hydrogen) atoms. The topological polar surface area (TPSA) is 0 Å². The fraction of sp³-hybridized carbons (Fsp3) is 0. The molecule has 0 aliphatic carbocycles. The molecule has 1 aromatic carbocycles. The van der Waals surface area contributed by atoms with Gasteiger partial charge in [-0.1, -0.05) is 29.7 Å². The molecule has 0 saturated carbocycles. The largest absolute Gasteiger partial charge is 0.144 e. The van der Waals surface area contributed by atoms with E-state index in [0.29, 0.717) is 5.02 Å². The van der Waals surface area contributed by atoms with Gasteiger partial charge in [-0.15, -0.1) is 17.8 Å². The third-order valence-electron chi connectivity index (χ3n) is 1.92. The smallest absolute Gasteiger partial charge is 0.0504 e. The first-order chi connectivity index (χ1) is 6.81. The minimum Gasteiger partial charge on any atom is -0.144 e. The normalized spacial score (nSPS) is 9.71. The highest BCUT2D eigenvalue weighted by molar-refractivity contribution is 7.13. The van der Waals surface area contributed by atoms with Gasteiger partial charge in [0.25, 0.3) is 0 Å². The van der Waals surface area contributed by atoms with Gasteiger partial charge in [-0.25, -0.2) is 0 Å². The van der Waals surface area contributed by atoms with Gasteiger partial charge in [0, 0.05) is 16.0 Å². The van der Waals surface area contributed by atoms with E-state index in [0.717, 1.165) is 11.1 Å². The third-order valence-corrected chi connectivity index (χ3v) is 3.14. The van der Waals surface area contributed by atoms with Gasteiger partial charge in [-0.05, 0) is 23.6 Å². The molecule has 0 N–H and O–H groups in total. The van der Waals surface area contributed by atoms with Crippen LogP contribution in [-0.4, -0.2) is 0 Å². The maximum absolute atomic E-state index is 6.11. The van der Waals surface area contributed by atoms with Crippen molar-refractivity contribution in [2.45, 2.75) is 0 Å². The number of rotatable bonds is 1. The number of halogens is 1. The lowest BCUT2D eigenvalue weighted by Crippen LogP contribution is -1.78. The molecule has 1 heterocycles. The standard InChI is InChI=1S/C12H7ClS/c1-2-9-5-6-10(11(13)8-9)12-4-3-7-14-12/h1,3-8H. The molecule has 2 heteroatoms. The fourth-order valence-electron chi connectivity index (χ4n) is 1.24. The summed E-state index contributed by atoms with van der Waals surface area (Å²) >= 11 is 7.78. The van der Waals surface area contributed by atoms with Crippen LogP contribution >= 0.6 is 22.9 Å². The van der Waals surface area contributed by atoms with E-state index in [1.807, 2.05) is 35.7 Å². The second kappa shape index (κ2) is 3.88. The zero-order valence-corrected chi connectivity index (χ0v) is 8.90. The Morgan fingerprint density at radius 2 is 2.14 bits per heavy atom. The molecule has 68 valence electrons. The van der Waals surface area contributed by atoms with Crippen molar-refractivity contribution >= 4 is 22.9 Å². The lowest BCUT2D eigenvalue weighted by Gasteiger charge is -2.01. The van der Waals surface area contributed by atoms with Gasteiger partial charge in [0.15, 0.2) is 0 Å². The van der Waals surface area contributed by atoms with Crippen LogP contribution in [0.3, 0.4) is 0 Å². The summed E-state index contributed by atoms with van der Waals surface area (Å²) in [6.07, 6.45) is 5.28. The van der Waals surface area contributed by atoms with E-state index in [1.165, 1.54) is 4.88 Å². The molecule has 0 aliphatic rings. The molecule has 0 unspecified atom stereocenters. The Hall–Kier alpha value is -1.23. The van der Waals surface area contributed by atoms with Gasteiger partial charge in [0.1, 0.15) is 0 Å². The van der Waals surface area contributed by atoms with Crippen LogP contribution in [0.2, 0.25) is 5.02 Å². The van der Waals surface area contributed by atoms with Crippen LogP contribution in [0, 0.1) is 12.3 Å². The zero-order valence-electron chi connectivity index (χ0n) is 7.33. The average Bonchev–Trinajstić information content (AvgIpc) is 2.70. The molecule has 0 radical (unpaired) electrons. The molecule has 0 fully saturated rings. The van der Waals surface area contributed by atoms with Gasteiger partial charge in [-0.3, -0.25) is 0 Å². The fourth-order valence-corrected chi connectivity index (χ4v) is 2.34. The summed E-state index contributed by atoms with van der Waals surface area (Å²) in [4.78, 5) is 1.17. The van der Waals surface area contributed by atoms with Crippen LogP contribution in [0.4, 0.5) is 0 Å². The van der Waals surface area contributed by atoms with Crippen molar-refractivity contribution in [3.8, 4) is 22.8 Å². The van der Waals surface area contributed by atoms with Gasteiger partial charge in [0.2, 0.25) is 0 Å². The van der Waals surface area contributed by atoms with E-state index in [2.05, 4.69) is 5.92 Å². The summed E-state index contributed by atoms with van der Waals surface area (Å²) in [5, 5.41) is 2.74. The van der Waals surface area contributed by atoms with Crippen LogP contribution in [0.15, 0.2) is 35.7 Å². The second-order valence-corrected chi connectivity index (χ2v) is 4.17. The number of hydrogen-bond donors (Lipinski definition) is 0. The van der Waals surface area contributed by atoms with Crippen LogP contribution in [-0.2, 0) is 0 Å². The maximum Gasteiger partial charge on any atom is 0.0504 e. The molecule has 0 aliphatic heterocycles. The van der Waals surface area contributed by atoms with E-state index in [4.69, 9.17) is 18.0 Å². The molecule has 0 spiro atoms. The molecular weight excluding hydrogens is 212 g/mol. The van der Waals surface area contributed by atoms with Crippen molar-refractivity contribution in [3.63, 3.8) is 0 Å². The van der Waals surface area contributed by atoms with Crippen LogP contribution < -0.4 is 0 Å². The quantitative estimate of drug-likeness (QED) is 0.634. The number of thiophene rings is 1. The minimum atomic E-state index is 0.711. The summed E-state index contributed by atoms with van der Waals surface area (Å²) in [5.74, 6) is 2.56. The molecule has 0 atom stereocenters. The Labute approximate surface area is 92.2 Å². The number of benzene rings is 1. The van der Waals surface area contributed by atoms with E-state index >= 15 is 0 Å². The van der Waals surface area contributed by atoms with Gasteiger partial charge in [-0.2, -0.15) is 0 Å².